The molecule has 0 aliphatic rings. The summed E-state index contributed by atoms with van der Waals surface area (Å²) in [6, 6.07) is 0. The van der Waals surface area contributed by atoms with Crippen LogP contribution >= 0.6 is 12.4 Å². The first-order chi connectivity index (χ1) is 5.56. The molecule has 0 saturated heterocycles. The van der Waals surface area contributed by atoms with Gasteiger partial charge in [-0.05, 0) is 11.8 Å². The van der Waals surface area contributed by atoms with E-state index in [4.69, 9.17) is 5.11 Å². The molecule has 1 N–H and O–H groups in total. The van der Waals surface area contributed by atoms with Crippen molar-refractivity contribution in [1.29, 1.82) is 0 Å². The predicted molar refractivity (Wildman–Crippen MR) is 60.4 cm³/mol. The fourth-order valence-corrected chi connectivity index (χ4v) is 1.43. The van der Waals surface area contributed by atoms with E-state index in [0.717, 1.165) is 19.6 Å². The van der Waals surface area contributed by atoms with E-state index in [1.54, 1.807) is 0 Å². The zero-order chi connectivity index (χ0) is 9.56. The molecule has 0 bridgehead atoms. The quantitative estimate of drug-likeness (QED) is 0.724. The van der Waals surface area contributed by atoms with E-state index in [2.05, 4.69) is 32.6 Å². The summed E-state index contributed by atoms with van der Waals surface area (Å²) in [6.45, 7) is 12.1. The van der Waals surface area contributed by atoms with E-state index in [1.807, 2.05) is 0 Å². The summed E-state index contributed by atoms with van der Waals surface area (Å²) in [6.07, 6.45) is 0. The number of hydrogen-bond donors (Lipinski definition) is 1. The zero-order valence-electron chi connectivity index (χ0n) is 9.29. The largest absolute Gasteiger partial charge is 0.395 e. The van der Waals surface area contributed by atoms with Gasteiger partial charge in [0.15, 0.2) is 0 Å². The molecule has 0 aromatic rings. The van der Waals surface area contributed by atoms with Crippen molar-refractivity contribution in [2.45, 2.75) is 27.7 Å². The van der Waals surface area contributed by atoms with Crippen LogP contribution in [0.3, 0.4) is 0 Å². The number of halogens is 1. The summed E-state index contributed by atoms with van der Waals surface area (Å²) < 4.78 is 0. The third-order valence-electron chi connectivity index (χ3n) is 1.66. The molecule has 0 aliphatic carbocycles. The third kappa shape index (κ3) is 10.1. The van der Waals surface area contributed by atoms with Crippen LogP contribution in [-0.2, 0) is 0 Å². The van der Waals surface area contributed by atoms with Gasteiger partial charge in [0.05, 0.1) is 6.61 Å². The van der Waals surface area contributed by atoms with Gasteiger partial charge in [0, 0.05) is 19.6 Å². The Labute approximate surface area is 88.7 Å². The first-order valence-electron chi connectivity index (χ1n) is 4.89. The van der Waals surface area contributed by atoms with Gasteiger partial charge in [-0.15, -0.1) is 12.4 Å². The number of hydrogen-bond acceptors (Lipinski definition) is 2. The highest BCUT2D eigenvalue weighted by Crippen LogP contribution is 2.02. The van der Waals surface area contributed by atoms with Gasteiger partial charge in [0.1, 0.15) is 0 Å². The molecule has 0 saturated carbocycles. The summed E-state index contributed by atoms with van der Waals surface area (Å²) in [5.74, 6) is 1.38. The van der Waals surface area contributed by atoms with Crippen LogP contribution in [0.1, 0.15) is 27.7 Å². The number of aliphatic hydroxyl groups is 1. The lowest BCUT2D eigenvalue weighted by Gasteiger charge is -2.24. The van der Waals surface area contributed by atoms with Crippen LogP contribution in [0, 0.1) is 11.8 Å². The molecule has 3 heteroatoms. The molecule has 0 heterocycles. The van der Waals surface area contributed by atoms with Crippen LogP contribution in [0.15, 0.2) is 0 Å². The monoisotopic (exact) mass is 209 g/mol. The van der Waals surface area contributed by atoms with Crippen LogP contribution in [0.4, 0.5) is 0 Å². The molecule has 0 aromatic heterocycles. The summed E-state index contributed by atoms with van der Waals surface area (Å²) in [5.41, 5.74) is 0. The van der Waals surface area contributed by atoms with E-state index in [-0.39, 0.29) is 19.0 Å². The maximum Gasteiger partial charge on any atom is 0.0558 e. The SMILES string of the molecule is CC(C)CN(CCO)CC(C)C.Cl. The molecule has 0 aromatic carbocycles. The first-order valence-corrected chi connectivity index (χ1v) is 4.89. The van der Waals surface area contributed by atoms with Crippen molar-refractivity contribution in [3.63, 3.8) is 0 Å². The molecule has 0 radical (unpaired) electrons. The van der Waals surface area contributed by atoms with Crippen LogP contribution < -0.4 is 0 Å². The van der Waals surface area contributed by atoms with Crippen LogP contribution in [0.5, 0.6) is 0 Å². The van der Waals surface area contributed by atoms with E-state index >= 15 is 0 Å². The molecule has 2 nitrogen and oxygen atoms in total. The standard InChI is InChI=1S/C10H23NO.ClH/c1-9(2)7-11(5-6-12)8-10(3)4;/h9-10,12H,5-8H2,1-4H3;1H. The number of rotatable bonds is 6. The molecule has 82 valence electrons. The summed E-state index contributed by atoms with van der Waals surface area (Å²) >= 11 is 0. The molecule has 0 unspecified atom stereocenters. The van der Waals surface area contributed by atoms with Gasteiger partial charge >= 0.3 is 0 Å². The van der Waals surface area contributed by atoms with Crippen LogP contribution in [0.25, 0.3) is 0 Å². The minimum Gasteiger partial charge on any atom is -0.395 e. The highest BCUT2D eigenvalue weighted by molar-refractivity contribution is 5.85. The van der Waals surface area contributed by atoms with Gasteiger partial charge < -0.3 is 10.0 Å². The highest BCUT2D eigenvalue weighted by Gasteiger charge is 2.07. The Hall–Kier alpha value is 0.210. The lowest BCUT2D eigenvalue weighted by molar-refractivity contribution is 0.168. The Kier molecular flexibility index (Phi) is 10.6. The lowest BCUT2D eigenvalue weighted by Crippen LogP contribution is -2.33. The summed E-state index contributed by atoms with van der Waals surface area (Å²) in [7, 11) is 0. The fourth-order valence-electron chi connectivity index (χ4n) is 1.43. The van der Waals surface area contributed by atoms with Crippen molar-refractivity contribution in [2.75, 3.05) is 26.2 Å². The average molecular weight is 210 g/mol. The Bertz CT molecular complexity index is 97.1. The smallest absolute Gasteiger partial charge is 0.0558 e. The molecule has 0 spiro atoms. The molecule has 0 rings (SSSR count). The van der Waals surface area contributed by atoms with Crippen molar-refractivity contribution in [2.24, 2.45) is 11.8 Å². The second kappa shape index (κ2) is 8.79. The minimum atomic E-state index is 0. The second-order valence-electron chi connectivity index (χ2n) is 4.27. The molecule has 0 aliphatic heterocycles. The van der Waals surface area contributed by atoms with E-state index in [9.17, 15) is 0 Å². The Balaban J connectivity index is 0. The maximum absolute atomic E-state index is 8.82. The Morgan fingerprint density at radius 2 is 1.38 bits per heavy atom. The van der Waals surface area contributed by atoms with Crippen molar-refractivity contribution >= 4 is 12.4 Å². The molecule has 0 atom stereocenters. The zero-order valence-corrected chi connectivity index (χ0v) is 10.1. The minimum absolute atomic E-state index is 0. The Morgan fingerprint density at radius 1 is 1.00 bits per heavy atom. The van der Waals surface area contributed by atoms with Gasteiger partial charge in [0.2, 0.25) is 0 Å². The molecule has 0 fully saturated rings. The van der Waals surface area contributed by atoms with Crippen LogP contribution in [0.2, 0.25) is 0 Å². The number of aliphatic hydroxyl groups excluding tert-OH is 1. The van der Waals surface area contributed by atoms with Crippen molar-refractivity contribution in [3.05, 3.63) is 0 Å². The second-order valence-corrected chi connectivity index (χ2v) is 4.27. The van der Waals surface area contributed by atoms with Crippen molar-refractivity contribution in [1.82, 2.24) is 4.90 Å². The summed E-state index contributed by atoms with van der Waals surface area (Å²) in [4.78, 5) is 2.33. The normalized spacial score (nSPS) is 11.1. The van der Waals surface area contributed by atoms with Gasteiger partial charge in [-0.2, -0.15) is 0 Å². The summed E-state index contributed by atoms with van der Waals surface area (Å²) in [5, 5.41) is 8.82. The molecule has 13 heavy (non-hydrogen) atoms. The molecule has 0 amide bonds. The van der Waals surface area contributed by atoms with E-state index in [0.29, 0.717) is 11.8 Å². The molecular weight excluding hydrogens is 186 g/mol. The predicted octanol–water partition coefficient (Wildman–Crippen LogP) is 2.01. The first kappa shape index (κ1) is 15.7. The van der Waals surface area contributed by atoms with E-state index in [1.165, 1.54) is 0 Å². The fraction of sp³-hybridized carbons (Fsp3) is 1.00. The Morgan fingerprint density at radius 3 is 1.62 bits per heavy atom. The van der Waals surface area contributed by atoms with Gasteiger partial charge in [-0.1, -0.05) is 27.7 Å². The van der Waals surface area contributed by atoms with Gasteiger partial charge in [0.25, 0.3) is 0 Å². The highest BCUT2D eigenvalue weighted by atomic mass is 35.5. The topological polar surface area (TPSA) is 23.5 Å². The third-order valence-corrected chi connectivity index (χ3v) is 1.66. The van der Waals surface area contributed by atoms with Gasteiger partial charge in [-0.3, -0.25) is 0 Å². The maximum atomic E-state index is 8.82. The van der Waals surface area contributed by atoms with Gasteiger partial charge in [-0.25, -0.2) is 0 Å². The van der Waals surface area contributed by atoms with E-state index < -0.39 is 0 Å². The average Bonchev–Trinajstić information content (AvgIpc) is 1.84. The van der Waals surface area contributed by atoms with Crippen molar-refractivity contribution in [3.8, 4) is 0 Å². The van der Waals surface area contributed by atoms with Crippen LogP contribution in [-0.4, -0.2) is 36.2 Å². The number of nitrogens with zero attached hydrogens (tertiary/aromatic N) is 1. The van der Waals surface area contributed by atoms with Crippen molar-refractivity contribution < 1.29 is 5.11 Å². The lowest BCUT2D eigenvalue weighted by atomic mass is 10.1. The molecular formula is C10H24ClNO.